The highest BCUT2D eigenvalue weighted by atomic mass is 32.2. The van der Waals surface area contributed by atoms with E-state index in [1.165, 1.54) is 27.4 Å². The monoisotopic (exact) mass is 497 g/mol. The molecule has 35 heavy (non-hydrogen) atoms. The Morgan fingerprint density at radius 3 is 2.49 bits per heavy atom. The molecule has 1 aliphatic heterocycles. The van der Waals surface area contributed by atoms with Gasteiger partial charge in [-0.25, -0.2) is 0 Å². The summed E-state index contributed by atoms with van der Waals surface area (Å²) in [4.78, 5) is 28.7. The maximum Gasteiger partial charge on any atom is 0.297 e. The summed E-state index contributed by atoms with van der Waals surface area (Å²) in [5.41, 5.74) is 3.74. The molecule has 0 saturated carbocycles. The van der Waals surface area contributed by atoms with Crippen molar-refractivity contribution >= 4 is 45.1 Å². The van der Waals surface area contributed by atoms with E-state index in [0.29, 0.717) is 21.7 Å². The minimum Gasteiger partial charge on any atom is -0.450 e. The Kier molecular flexibility index (Phi) is 5.47. The lowest BCUT2D eigenvalue weighted by atomic mass is 9.99. The van der Waals surface area contributed by atoms with Crippen molar-refractivity contribution in [3.8, 4) is 0 Å². The molecule has 6 rings (SSSR count). The van der Waals surface area contributed by atoms with Crippen LogP contribution in [0, 0.1) is 6.92 Å². The number of aryl methyl sites for hydroxylation is 1. The van der Waals surface area contributed by atoms with E-state index >= 15 is 0 Å². The number of rotatable bonds is 5. The third kappa shape index (κ3) is 3.84. The van der Waals surface area contributed by atoms with Crippen LogP contribution in [0.4, 0.5) is 5.13 Å². The van der Waals surface area contributed by atoms with Gasteiger partial charge in [-0.15, -0.1) is 10.2 Å². The van der Waals surface area contributed by atoms with E-state index in [0.717, 1.165) is 15.7 Å². The van der Waals surface area contributed by atoms with Crippen molar-refractivity contribution in [3.05, 3.63) is 117 Å². The highest BCUT2D eigenvalue weighted by molar-refractivity contribution is 8.00. The van der Waals surface area contributed by atoms with E-state index in [1.54, 1.807) is 36.0 Å². The first kappa shape index (κ1) is 21.8. The summed E-state index contributed by atoms with van der Waals surface area (Å²) in [6.45, 7) is 2.06. The van der Waals surface area contributed by atoms with Crippen molar-refractivity contribution in [2.45, 2.75) is 23.1 Å². The topological polar surface area (TPSA) is 76.3 Å². The molecule has 0 radical (unpaired) electrons. The molecular formula is C27H19N3O3S2. The highest BCUT2D eigenvalue weighted by Gasteiger charge is 2.45. The molecule has 3 aromatic carbocycles. The van der Waals surface area contributed by atoms with Crippen LogP contribution in [0.25, 0.3) is 11.0 Å². The van der Waals surface area contributed by atoms with Gasteiger partial charge in [-0.3, -0.25) is 14.5 Å². The number of anilines is 1. The second kappa shape index (κ2) is 8.79. The molecule has 0 saturated heterocycles. The highest BCUT2D eigenvalue weighted by Crippen LogP contribution is 2.43. The van der Waals surface area contributed by atoms with Crippen LogP contribution in [-0.4, -0.2) is 16.1 Å². The Morgan fingerprint density at radius 1 is 0.943 bits per heavy atom. The van der Waals surface area contributed by atoms with E-state index in [-0.39, 0.29) is 17.1 Å². The van der Waals surface area contributed by atoms with Crippen LogP contribution < -0.4 is 10.3 Å². The van der Waals surface area contributed by atoms with Crippen LogP contribution in [0.5, 0.6) is 0 Å². The smallest absolute Gasteiger partial charge is 0.297 e. The summed E-state index contributed by atoms with van der Waals surface area (Å²) in [6, 6.07) is 24.2. The Labute approximate surface area is 209 Å². The normalized spacial score (nSPS) is 15.1. The van der Waals surface area contributed by atoms with Crippen molar-refractivity contribution in [3.63, 3.8) is 0 Å². The number of para-hydroxylation sites is 1. The van der Waals surface area contributed by atoms with Crippen LogP contribution in [0.3, 0.4) is 0 Å². The number of carbonyl (C=O) groups is 1. The zero-order chi connectivity index (χ0) is 23.9. The average Bonchev–Trinajstić information content (AvgIpc) is 3.47. The number of carbonyl (C=O) groups excluding carboxylic acids is 1. The first-order valence-electron chi connectivity index (χ1n) is 11.1. The number of fused-ring (bicyclic) bond motifs is 2. The first-order valence-corrected chi connectivity index (χ1v) is 12.9. The molecule has 0 spiro atoms. The van der Waals surface area contributed by atoms with E-state index in [1.807, 2.05) is 30.3 Å². The molecule has 172 valence electrons. The number of benzene rings is 3. The Morgan fingerprint density at radius 2 is 1.69 bits per heavy atom. The van der Waals surface area contributed by atoms with Gasteiger partial charge in [0, 0.05) is 5.75 Å². The van der Waals surface area contributed by atoms with Crippen molar-refractivity contribution in [1.82, 2.24) is 10.2 Å². The van der Waals surface area contributed by atoms with Crippen molar-refractivity contribution in [2.24, 2.45) is 0 Å². The number of nitrogens with zero attached hydrogens (tertiary/aromatic N) is 3. The minimum absolute atomic E-state index is 0.0617. The largest absolute Gasteiger partial charge is 0.450 e. The lowest BCUT2D eigenvalue weighted by Gasteiger charge is -2.21. The van der Waals surface area contributed by atoms with Crippen molar-refractivity contribution < 1.29 is 9.21 Å². The van der Waals surface area contributed by atoms with Crippen LogP contribution in [0.2, 0.25) is 0 Å². The number of hydrogen-bond donors (Lipinski definition) is 0. The molecule has 8 heteroatoms. The van der Waals surface area contributed by atoms with Gasteiger partial charge in [0.05, 0.1) is 17.0 Å². The van der Waals surface area contributed by atoms with Crippen molar-refractivity contribution in [2.75, 3.05) is 4.90 Å². The average molecular weight is 498 g/mol. The standard InChI is InChI=1S/C27H19N3O3S2/c1-16-11-13-17(14-12-16)15-34-27-29-28-26(35-27)30-22(18-7-3-2-4-8-18)21-23(31)19-9-5-6-10-20(19)33-24(21)25(30)32/h2-14,22H,15H2,1H3. The van der Waals surface area contributed by atoms with Gasteiger partial charge in [0.25, 0.3) is 5.91 Å². The number of amides is 1. The fraction of sp³-hybridized carbons (Fsp3) is 0.111. The molecule has 3 heterocycles. The summed E-state index contributed by atoms with van der Waals surface area (Å²) in [5, 5.41) is 9.55. The second-order valence-electron chi connectivity index (χ2n) is 8.28. The SMILES string of the molecule is Cc1ccc(CSc2nnc(N3C(=O)c4oc5ccccc5c(=O)c4C3c3ccccc3)s2)cc1. The zero-order valence-electron chi connectivity index (χ0n) is 18.7. The zero-order valence-corrected chi connectivity index (χ0v) is 20.3. The second-order valence-corrected chi connectivity index (χ2v) is 10.5. The summed E-state index contributed by atoms with van der Waals surface area (Å²) >= 11 is 2.91. The van der Waals surface area contributed by atoms with Gasteiger partial charge in [0.2, 0.25) is 10.9 Å². The van der Waals surface area contributed by atoms with E-state index < -0.39 is 6.04 Å². The quantitative estimate of drug-likeness (QED) is 0.219. The molecule has 2 aromatic heterocycles. The molecular weight excluding hydrogens is 478 g/mol. The Hall–Kier alpha value is -3.75. The molecule has 0 fully saturated rings. The minimum atomic E-state index is -0.637. The molecule has 0 bridgehead atoms. The molecule has 1 unspecified atom stereocenters. The van der Waals surface area contributed by atoms with Gasteiger partial charge >= 0.3 is 0 Å². The predicted octanol–water partition coefficient (Wildman–Crippen LogP) is 6.00. The lowest BCUT2D eigenvalue weighted by Crippen LogP contribution is -2.29. The summed E-state index contributed by atoms with van der Waals surface area (Å²) in [6.07, 6.45) is 0. The van der Waals surface area contributed by atoms with Crippen LogP contribution in [0.15, 0.2) is 92.4 Å². The number of thioether (sulfide) groups is 1. The van der Waals surface area contributed by atoms with Gasteiger partial charge in [-0.05, 0) is 30.2 Å². The fourth-order valence-electron chi connectivity index (χ4n) is 4.26. The summed E-state index contributed by atoms with van der Waals surface area (Å²) in [5.74, 6) is 0.422. The number of hydrogen-bond acceptors (Lipinski definition) is 7. The van der Waals surface area contributed by atoms with Crippen LogP contribution in [0.1, 0.15) is 38.9 Å². The van der Waals surface area contributed by atoms with Gasteiger partial charge < -0.3 is 4.42 Å². The summed E-state index contributed by atoms with van der Waals surface area (Å²) < 4.78 is 6.73. The van der Waals surface area contributed by atoms with Crippen LogP contribution >= 0.6 is 23.1 Å². The first-order chi connectivity index (χ1) is 17.1. The Balaban J connectivity index is 1.41. The maximum atomic E-state index is 13.6. The molecule has 0 N–H and O–H groups in total. The molecule has 1 amide bonds. The molecule has 5 aromatic rings. The molecule has 6 nitrogen and oxygen atoms in total. The lowest BCUT2D eigenvalue weighted by molar-refractivity contribution is 0.0970. The maximum absolute atomic E-state index is 13.6. The fourth-order valence-corrected chi connectivity index (χ4v) is 6.08. The molecule has 1 aliphatic rings. The Bertz CT molecular complexity index is 1610. The third-order valence-corrected chi connectivity index (χ3v) is 8.10. The number of aromatic nitrogens is 2. The van der Waals surface area contributed by atoms with Gasteiger partial charge in [0.1, 0.15) is 5.58 Å². The molecule has 0 aliphatic carbocycles. The van der Waals surface area contributed by atoms with Crippen molar-refractivity contribution in [1.29, 1.82) is 0 Å². The van der Waals surface area contributed by atoms with E-state index in [4.69, 9.17) is 4.42 Å². The van der Waals surface area contributed by atoms with E-state index in [2.05, 4.69) is 41.4 Å². The van der Waals surface area contributed by atoms with Gasteiger partial charge in [-0.1, -0.05) is 95.4 Å². The van der Waals surface area contributed by atoms with Crippen LogP contribution in [-0.2, 0) is 5.75 Å². The summed E-state index contributed by atoms with van der Waals surface area (Å²) in [7, 11) is 0. The third-order valence-electron chi connectivity index (χ3n) is 5.98. The predicted molar refractivity (Wildman–Crippen MR) is 138 cm³/mol. The van der Waals surface area contributed by atoms with E-state index in [9.17, 15) is 9.59 Å². The molecule has 1 atom stereocenters. The van der Waals surface area contributed by atoms with Gasteiger partial charge in [0.15, 0.2) is 9.77 Å². The van der Waals surface area contributed by atoms with Gasteiger partial charge in [-0.2, -0.15) is 0 Å².